The number of rotatable bonds is 11. The summed E-state index contributed by atoms with van der Waals surface area (Å²) in [5, 5.41) is 3.00. The molecule has 0 fully saturated rings. The SMILES string of the molecule is CCc1ccc(OCCCn2c(CCNC(=O)c3ccc(OC)cc3)nc3ccccc32)cc1. The number of fused-ring (bicyclic) bond motifs is 1. The lowest BCUT2D eigenvalue weighted by molar-refractivity contribution is 0.0954. The molecule has 34 heavy (non-hydrogen) atoms. The average Bonchev–Trinajstić information content (AvgIpc) is 3.24. The van der Waals surface area contributed by atoms with E-state index < -0.39 is 0 Å². The van der Waals surface area contributed by atoms with Gasteiger partial charge in [-0.15, -0.1) is 0 Å². The van der Waals surface area contributed by atoms with Gasteiger partial charge in [-0.25, -0.2) is 4.98 Å². The Morgan fingerprint density at radius 2 is 1.71 bits per heavy atom. The minimum absolute atomic E-state index is 0.104. The number of nitrogens with one attached hydrogen (secondary N) is 1. The summed E-state index contributed by atoms with van der Waals surface area (Å²) in [5.41, 5.74) is 3.99. The van der Waals surface area contributed by atoms with E-state index >= 15 is 0 Å². The molecule has 0 radical (unpaired) electrons. The van der Waals surface area contributed by atoms with Crippen molar-refractivity contribution in [3.63, 3.8) is 0 Å². The Morgan fingerprint density at radius 3 is 2.44 bits per heavy atom. The highest BCUT2D eigenvalue weighted by atomic mass is 16.5. The summed E-state index contributed by atoms with van der Waals surface area (Å²) in [7, 11) is 1.61. The van der Waals surface area contributed by atoms with Gasteiger partial charge in [0.25, 0.3) is 5.91 Å². The number of methoxy groups -OCH3 is 1. The molecule has 0 saturated heterocycles. The molecule has 3 aromatic carbocycles. The van der Waals surface area contributed by atoms with Gasteiger partial charge in [0.2, 0.25) is 0 Å². The van der Waals surface area contributed by atoms with Crippen molar-refractivity contribution in [3.8, 4) is 11.5 Å². The van der Waals surface area contributed by atoms with Crippen molar-refractivity contribution in [2.24, 2.45) is 0 Å². The van der Waals surface area contributed by atoms with E-state index in [4.69, 9.17) is 14.5 Å². The molecular weight excluding hydrogens is 426 g/mol. The molecule has 0 spiro atoms. The maximum atomic E-state index is 12.5. The molecule has 0 aliphatic carbocycles. The van der Waals surface area contributed by atoms with Crippen LogP contribution in [0, 0.1) is 0 Å². The summed E-state index contributed by atoms with van der Waals surface area (Å²) >= 11 is 0. The minimum atomic E-state index is -0.104. The number of amides is 1. The van der Waals surface area contributed by atoms with Gasteiger partial charge in [0, 0.05) is 25.1 Å². The standard InChI is InChI=1S/C28H31N3O3/c1-3-21-9-13-24(14-10-21)34-20-6-19-31-26-8-5-4-7-25(26)30-27(31)17-18-29-28(32)22-11-15-23(33-2)16-12-22/h4-5,7-16H,3,6,17-20H2,1-2H3,(H,29,32). The van der Waals surface area contributed by atoms with Gasteiger partial charge in [0.05, 0.1) is 24.8 Å². The van der Waals surface area contributed by atoms with Crippen LogP contribution in [0.25, 0.3) is 11.0 Å². The van der Waals surface area contributed by atoms with Gasteiger partial charge in [-0.3, -0.25) is 4.79 Å². The van der Waals surface area contributed by atoms with Gasteiger partial charge in [-0.1, -0.05) is 31.2 Å². The van der Waals surface area contributed by atoms with Crippen LogP contribution in [0.1, 0.15) is 35.1 Å². The summed E-state index contributed by atoms with van der Waals surface area (Å²) in [4.78, 5) is 17.3. The molecule has 6 heteroatoms. The predicted molar refractivity (Wildman–Crippen MR) is 135 cm³/mol. The molecule has 6 nitrogen and oxygen atoms in total. The fourth-order valence-corrected chi connectivity index (χ4v) is 3.93. The first kappa shape index (κ1) is 23.4. The van der Waals surface area contributed by atoms with Crippen LogP contribution in [0.15, 0.2) is 72.8 Å². The molecule has 1 amide bonds. The first-order chi connectivity index (χ1) is 16.7. The van der Waals surface area contributed by atoms with Crippen LogP contribution >= 0.6 is 0 Å². The van der Waals surface area contributed by atoms with Crippen molar-refractivity contribution in [2.45, 2.75) is 32.7 Å². The second kappa shape index (κ2) is 11.4. The normalized spacial score (nSPS) is 10.9. The Labute approximate surface area is 200 Å². The molecule has 0 atom stereocenters. The molecule has 176 valence electrons. The molecule has 0 saturated carbocycles. The Hall–Kier alpha value is -3.80. The second-order valence-corrected chi connectivity index (χ2v) is 8.10. The second-order valence-electron chi connectivity index (χ2n) is 8.10. The van der Waals surface area contributed by atoms with Gasteiger partial charge in [-0.2, -0.15) is 0 Å². The highest BCUT2D eigenvalue weighted by Gasteiger charge is 2.12. The van der Waals surface area contributed by atoms with Gasteiger partial charge in [0.15, 0.2) is 0 Å². The van der Waals surface area contributed by atoms with E-state index in [1.54, 1.807) is 31.4 Å². The van der Waals surface area contributed by atoms with E-state index in [2.05, 4.69) is 35.0 Å². The van der Waals surface area contributed by atoms with E-state index in [-0.39, 0.29) is 5.91 Å². The summed E-state index contributed by atoms with van der Waals surface area (Å²) in [6, 6.07) is 23.5. The van der Waals surface area contributed by atoms with Crippen LogP contribution in [0.4, 0.5) is 0 Å². The number of aryl methyl sites for hydroxylation is 2. The zero-order valence-corrected chi connectivity index (χ0v) is 19.8. The fraction of sp³-hybridized carbons (Fsp3) is 0.286. The zero-order valence-electron chi connectivity index (χ0n) is 19.8. The number of hydrogen-bond acceptors (Lipinski definition) is 4. The van der Waals surface area contributed by atoms with E-state index in [1.165, 1.54) is 5.56 Å². The van der Waals surface area contributed by atoms with E-state index in [9.17, 15) is 4.79 Å². The molecule has 4 aromatic rings. The van der Waals surface area contributed by atoms with Gasteiger partial charge in [0.1, 0.15) is 17.3 Å². The number of nitrogens with zero attached hydrogens (tertiary/aromatic N) is 2. The first-order valence-electron chi connectivity index (χ1n) is 11.8. The Morgan fingerprint density at radius 1 is 0.971 bits per heavy atom. The number of aromatic nitrogens is 2. The van der Waals surface area contributed by atoms with E-state index in [0.717, 1.165) is 47.7 Å². The van der Waals surface area contributed by atoms with E-state index in [1.807, 2.05) is 30.3 Å². The summed E-state index contributed by atoms with van der Waals surface area (Å²) in [5.74, 6) is 2.48. The van der Waals surface area contributed by atoms with Crippen molar-refractivity contribution in [1.82, 2.24) is 14.9 Å². The summed E-state index contributed by atoms with van der Waals surface area (Å²) in [6.07, 6.45) is 2.54. The number of imidazole rings is 1. The number of benzene rings is 3. The smallest absolute Gasteiger partial charge is 0.251 e. The highest BCUT2D eigenvalue weighted by Crippen LogP contribution is 2.18. The third-order valence-corrected chi connectivity index (χ3v) is 5.85. The van der Waals surface area contributed by atoms with Crippen molar-refractivity contribution in [1.29, 1.82) is 0 Å². The Kier molecular flexibility index (Phi) is 7.81. The van der Waals surface area contributed by atoms with E-state index in [0.29, 0.717) is 25.1 Å². The van der Waals surface area contributed by atoms with Gasteiger partial charge < -0.3 is 19.4 Å². The average molecular weight is 458 g/mol. The fourth-order valence-electron chi connectivity index (χ4n) is 3.93. The molecule has 0 unspecified atom stereocenters. The molecule has 1 N–H and O–H groups in total. The van der Waals surface area contributed by atoms with Crippen LogP contribution in [-0.2, 0) is 19.4 Å². The monoisotopic (exact) mass is 457 g/mol. The van der Waals surface area contributed by atoms with Crippen LogP contribution < -0.4 is 14.8 Å². The largest absolute Gasteiger partial charge is 0.497 e. The third-order valence-electron chi connectivity index (χ3n) is 5.85. The van der Waals surface area contributed by atoms with Crippen molar-refractivity contribution < 1.29 is 14.3 Å². The van der Waals surface area contributed by atoms with Crippen molar-refractivity contribution >= 4 is 16.9 Å². The van der Waals surface area contributed by atoms with Crippen LogP contribution in [-0.4, -0.2) is 35.7 Å². The maximum Gasteiger partial charge on any atom is 0.251 e. The molecule has 0 bridgehead atoms. The van der Waals surface area contributed by atoms with Gasteiger partial charge >= 0.3 is 0 Å². The van der Waals surface area contributed by atoms with Crippen LogP contribution in [0.2, 0.25) is 0 Å². The Bertz CT molecular complexity index is 1210. The topological polar surface area (TPSA) is 65.4 Å². The lowest BCUT2D eigenvalue weighted by Gasteiger charge is -2.11. The summed E-state index contributed by atoms with van der Waals surface area (Å²) in [6.45, 7) is 4.09. The molecule has 0 aliphatic heterocycles. The number of carbonyl (C=O) groups is 1. The lowest BCUT2D eigenvalue weighted by Crippen LogP contribution is -2.26. The number of carbonyl (C=O) groups excluding carboxylic acids is 1. The minimum Gasteiger partial charge on any atom is -0.497 e. The predicted octanol–water partition coefficient (Wildman–Crippen LogP) is 5.05. The lowest BCUT2D eigenvalue weighted by atomic mass is 10.2. The number of ether oxygens (including phenoxy) is 2. The number of para-hydroxylation sites is 2. The maximum absolute atomic E-state index is 12.5. The highest BCUT2D eigenvalue weighted by molar-refractivity contribution is 5.94. The van der Waals surface area contributed by atoms with Crippen molar-refractivity contribution in [3.05, 3.63) is 89.7 Å². The van der Waals surface area contributed by atoms with Crippen LogP contribution in [0.5, 0.6) is 11.5 Å². The third kappa shape index (κ3) is 5.76. The molecular formula is C28H31N3O3. The van der Waals surface area contributed by atoms with Gasteiger partial charge in [-0.05, 0) is 66.9 Å². The quantitative estimate of drug-likeness (QED) is 0.320. The number of hydrogen-bond donors (Lipinski definition) is 1. The Balaban J connectivity index is 1.34. The first-order valence-corrected chi connectivity index (χ1v) is 11.8. The molecule has 0 aliphatic rings. The van der Waals surface area contributed by atoms with Crippen molar-refractivity contribution in [2.75, 3.05) is 20.3 Å². The summed E-state index contributed by atoms with van der Waals surface area (Å²) < 4.78 is 13.3. The van der Waals surface area contributed by atoms with Crippen LogP contribution in [0.3, 0.4) is 0 Å². The molecule has 1 aromatic heterocycles. The zero-order chi connectivity index (χ0) is 23.8. The molecule has 1 heterocycles. The molecule has 4 rings (SSSR count).